The Morgan fingerprint density at radius 2 is 1.29 bits per heavy atom. The van der Waals surface area contributed by atoms with E-state index in [4.69, 9.17) is 0 Å². The maximum atomic E-state index is 2.86. The molecule has 0 spiro atoms. The molecule has 5 atom stereocenters. The molecular weight excluding hydrogens is 307 g/mol. The van der Waals surface area contributed by atoms with Gasteiger partial charge >= 0.3 is 0 Å². The maximum absolute atomic E-state index is 2.86. The van der Waals surface area contributed by atoms with Gasteiger partial charge in [-0.2, -0.15) is 0 Å². The van der Waals surface area contributed by atoms with Crippen molar-refractivity contribution in [2.24, 2.45) is 28.6 Å². The predicted molar refractivity (Wildman–Crippen MR) is 112 cm³/mol. The van der Waals surface area contributed by atoms with Crippen LogP contribution in [-0.4, -0.2) is 6.16 Å². The summed E-state index contributed by atoms with van der Waals surface area (Å²) in [6.07, 6.45) is 26.8. The lowest BCUT2D eigenvalue weighted by Gasteiger charge is -2.51. The van der Waals surface area contributed by atoms with Crippen molar-refractivity contribution in [3.05, 3.63) is 48.6 Å². The lowest BCUT2D eigenvalue weighted by molar-refractivity contribution is 0.0509. The highest BCUT2D eigenvalue weighted by Crippen LogP contribution is 2.55. The Morgan fingerprint density at radius 3 is 1.75 bits per heavy atom. The predicted octanol–water partition coefficient (Wildman–Crippen LogP) is 6.97. The molecule has 0 amide bonds. The lowest BCUT2D eigenvalue weighted by atomic mass is 9.52. The zero-order valence-corrected chi connectivity index (χ0v) is 17.3. The summed E-state index contributed by atoms with van der Waals surface area (Å²) in [7, 11) is 2.86. The van der Waals surface area contributed by atoms with Crippen LogP contribution in [0.5, 0.6) is 0 Å². The van der Waals surface area contributed by atoms with Crippen molar-refractivity contribution in [1.82, 2.24) is 0 Å². The van der Waals surface area contributed by atoms with Crippen molar-refractivity contribution in [2.45, 2.75) is 59.8 Å². The van der Waals surface area contributed by atoms with Gasteiger partial charge in [0, 0.05) is 0 Å². The van der Waals surface area contributed by atoms with Crippen LogP contribution in [0.4, 0.5) is 0 Å². The van der Waals surface area contributed by atoms with Crippen molar-refractivity contribution < 1.29 is 0 Å². The minimum atomic E-state index is 0.244. The van der Waals surface area contributed by atoms with E-state index in [0.717, 1.165) is 0 Å². The second-order valence-electron chi connectivity index (χ2n) is 8.34. The Hall–Kier alpha value is -0.610. The minimum Gasteiger partial charge on any atom is -0.138 e. The third kappa shape index (κ3) is 4.13. The number of unbranched alkanes of at least 4 members (excludes halogenated alkanes) is 3. The van der Waals surface area contributed by atoms with E-state index in [1.54, 1.807) is 0 Å². The van der Waals surface area contributed by atoms with E-state index in [2.05, 4.69) is 85.5 Å². The van der Waals surface area contributed by atoms with Crippen LogP contribution in [0.3, 0.4) is 0 Å². The second kappa shape index (κ2) is 8.66. The SMILES string of the molecule is CC1C=CC=CC1(C)C(CCCCCCP)C1(C)C=CC=CC1C. The Bertz CT molecular complexity index is 472. The van der Waals surface area contributed by atoms with E-state index < -0.39 is 0 Å². The number of hydrogen-bond acceptors (Lipinski definition) is 0. The van der Waals surface area contributed by atoms with Gasteiger partial charge in [0.1, 0.15) is 0 Å². The van der Waals surface area contributed by atoms with Crippen LogP contribution >= 0.6 is 9.24 Å². The van der Waals surface area contributed by atoms with Gasteiger partial charge in [0.2, 0.25) is 0 Å². The molecule has 0 N–H and O–H groups in total. The van der Waals surface area contributed by atoms with Gasteiger partial charge in [-0.1, -0.05) is 95.6 Å². The Kier molecular flexibility index (Phi) is 7.11. The fourth-order valence-corrected chi connectivity index (χ4v) is 5.00. The van der Waals surface area contributed by atoms with Crippen LogP contribution in [0.1, 0.15) is 59.8 Å². The third-order valence-corrected chi connectivity index (χ3v) is 7.25. The highest BCUT2D eigenvalue weighted by atomic mass is 31.0. The van der Waals surface area contributed by atoms with Crippen LogP contribution in [0.15, 0.2) is 48.6 Å². The van der Waals surface area contributed by atoms with Gasteiger partial charge in [0.15, 0.2) is 0 Å². The highest BCUT2D eigenvalue weighted by molar-refractivity contribution is 7.16. The van der Waals surface area contributed by atoms with Crippen LogP contribution in [-0.2, 0) is 0 Å². The highest BCUT2D eigenvalue weighted by Gasteiger charge is 2.47. The van der Waals surface area contributed by atoms with Gasteiger partial charge in [-0.05, 0) is 47.6 Å². The van der Waals surface area contributed by atoms with Crippen molar-refractivity contribution >= 4 is 9.24 Å². The first-order chi connectivity index (χ1) is 11.4. The molecule has 0 fully saturated rings. The van der Waals surface area contributed by atoms with Gasteiger partial charge in [-0.3, -0.25) is 0 Å². The van der Waals surface area contributed by atoms with Gasteiger partial charge in [0.25, 0.3) is 0 Å². The molecule has 0 aromatic heterocycles. The molecule has 0 aliphatic heterocycles. The van der Waals surface area contributed by atoms with Crippen LogP contribution < -0.4 is 0 Å². The number of rotatable bonds is 8. The summed E-state index contributed by atoms with van der Waals surface area (Å²) in [6, 6.07) is 0. The average molecular weight is 345 g/mol. The molecule has 5 unspecified atom stereocenters. The van der Waals surface area contributed by atoms with Gasteiger partial charge in [-0.15, -0.1) is 9.24 Å². The Balaban J connectivity index is 2.21. The third-order valence-electron chi connectivity index (χ3n) is 6.84. The lowest BCUT2D eigenvalue weighted by Crippen LogP contribution is -2.45. The van der Waals surface area contributed by atoms with E-state index in [0.29, 0.717) is 17.8 Å². The molecule has 0 nitrogen and oxygen atoms in total. The summed E-state index contributed by atoms with van der Waals surface area (Å²) in [5.41, 5.74) is 0.488. The fourth-order valence-electron chi connectivity index (χ4n) is 4.71. The van der Waals surface area contributed by atoms with Crippen molar-refractivity contribution in [3.63, 3.8) is 0 Å². The molecule has 134 valence electrons. The molecule has 0 aromatic rings. The Labute approximate surface area is 152 Å². The molecular formula is C23H37P. The van der Waals surface area contributed by atoms with E-state index in [1.807, 2.05) is 0 Å². The molecule has 2 rings (SSSR count). The maximum Gasteiger partial charge on any atom is -0.00466 e. The molecule has 1 heteroatoms. The normalized spacial score (nSPS) is 36.2. The van der Waals surface area contributed by atoms with E-state index in [-0.39, 0.29) is 10.8 Å². The summed E-state index contributed by atoms with van der Waals surface area (Å²) in [5.74, 6) is 1.87. The molecule has 2 aliphatic rings. The van der Waals surface area contributed by atoms with Crippen LogP contribution in [0, 0.1) is 28.6 Å². The molecule has 0 bridgehead atoms. The van der Waals surface area contributed by atoms with Gasteiger partial charge < -0.3 is 0 Å². The first-order valence-corrected chi connectivity index (χ1v) is 10.7. The molecule has 24 heavy (non-hydrogen) atoms. The molecule has 0 heterocycles. The van der Waals surface area contributed by atoms with E-state index in [1.165, 1.54) is 38.3 Å². The quantitative estimate of drug-likeness (QED) is 0.329. The zero-order valence-electron chi connectivity index (χ0n) is 16.2. The summed E-state index contributed by atoms with van der Waals surface area (Å²) in [4.78, 5) is 0. The summed E-state index contributed by atoms with van der Waals surface area (Å²) >= 11 is 0. The minimum absolute atomic E-state index is 0.244. The summed E-state index contributed by atoms with van der Waals surface area (Å²) < 4.78 is 0. The van der Waals surface area contributed by atoms with Gasteiger partial charge in [-0.25, -0.2) is 0 Å². The number of hydrogen-bond donors (Lipinski definition) is 0. The van der Waals surface area contributed by atoms with E-state index >= 15 is 0 Å². The monoisotopic (exact) mass is 344 g/mol. The van der Waals surface area contributed by atoms with E-state index in [9.17, 15) is 0 Å². The number of allylic oxidation sites excluding steroid dienone is 8. The standard InChI is InChI=1S/C23H37P/c1-19-13-8-10-16-22(19,3)21(15-7-5-6-12-18-24)23(4)17-11-9-14-20(23)2/h8-11,13-14,16-17,19-21H,5-7,12,15,18,24H2,1-4H3. The molecule has 0 radical (unpaired) electrons. The molecule has 2 aliphatic carbocycles. The van der Waals surface area contributed by atoms with Crippen molar-refractivity contribution in [1.29, 1.82) is 0 Å². The largest absolute Gasteiger partial charge is 0.138 e. The first kappa shape index (κ1) is 19.7. The van der Waals surface area contributed by atoms with Gasteiger partial charge in [0.05, 0.1) is 0 Å². The summed E-state index contributed by atoms with van der Waals surface area (Å²) in [6.45, 7) is 9.79. The van der Waals surface area contributed by atoms with Crippen LogP contribution in [0.2, 0.25) is 0 Å². The first-order valence-electron chi connectivity index (χ1n) is 9.87. The topological polar surface area (TPSA) is 0 Å². The second-order valence-corrected chi connectivity index (χ2v) is 8.92. The molecule has 0 aromatic carbocycles. The average Bonchev–Trinajstić information content (AvgIpc) is 2.56. The van der Waals surface area contributed by atoms with Crippen LogP contribution in [0.25, 0.3) is 0 Å². The molecule has 0 saturated carbocycles. The zero-order chi connectivity index (χ0) is 17.6. The molecule has 0 saturated heterocycles. The van der Waals surface area contributed by atoms with Crippen molar-refractivity contribution in [3.8, 4) is 0 Å². The Morgan fingerprint density at radius 1 is 0.792 bits per heavy atom. The fraction of sp³-hybridized carbons (Fsp3) is 0.652. The van der Waals surface area contributed by atoms with Crippen molar-refractivity contribution in [2.75, 3.05) is 6.16 Å². The summed E-state index contributed by atoms with van der Waals surface area (Å²) in [5, 5.41) is 0. The smallest absolute Gasteiger partial charge is 0.00466 e.